The van der Waals surface area contributed by atoms with Crippen LogP contribution in [-0.4, -0.2) is 24.7 Å². The Balaban J connectivity index is 2.60. The minimum atomic E-state index is -3.06. The Kier molecular flexibility index (Phi) is 4.98. The SMILES string of the molecule is CC(C)(C)S(=O)(=O)CCSc1ccc(N)c(Cl)c1. The summed E-state index contributed by atoms with van der Waals surface area (Å²) < 4.78 is 23.1. The van der Waals surface area contributed by atoms with E-state index >= 15 is 0 Å². The largest absolute Gasteiger partial charge is 0.398 e. The molecule has 0 bridgehead atoms. The number of benzene rings is 1. The highest BCUT2D eigenvalue weighted by Crippen LogP contribution is 2.27. The predicted molar refractivity (Wildman–Crippen MR) is 80.1 cm³/mol. The molecule has 0 saturated heterocycles. The number of hydrogen-bond acceptors (Lipinski definition) is 4. The summed E-state index contributed by atoms with van der Waals surface area (Å²) in [5.74, 6) is 0.670. The molecule has 0 heterocycles. The maximum atomic E-state index is 11.9. The fourth-order valence-electron chi connectivity index (χ4n) is 1.17. The molecular weight excluding hydrogens is 290 g/mol. The van der Waals surface area contributed by atoms with Crippen molar-refractivity contribution >= 4 is 38.9 Å². The standard InChI is InChI=1S/C12H18ClNO2S2/c1-12(2,3)18(15,16)7-6-17-9-4-5-11(14)10(13)8-9/h4-5,8H,6-7,14H2,1-3H3. The van der Waals surface area contributed by atoms with Crippen LogP contribution in [0.3, 0.4) is 0 Å². The van der Waals surface area contributed by atoms with Gasteiger partial charge in [0.1, 0.15) is 0 Å². The average molecular weight is 308 g/mol. The molecule has 0 fully saturated rings. The van der Waals surface area contributed by atoms with Crippen molar-refractivity contribution < 1.29 is 8.42 Å². The van der Waals surface area contributed by atoms with Crippen molar-refractivity contribution in [3.8, 4) is 0 Å². The second kappa shape index (κ2) is 5.72. The molecule has 0 atom stereocenters. The first-order valence-corrected chi connectivity index (χ1v) is 8.55. The fraction of sp³-hybridized carbons (Fsp3) is 0.500. The highest BCUT2D eigenvalue weighted by molar-refractivity contribution is 8.01. The molecular formula is C12H18ClNO2S2. The average Bonchev–Trinajstić information content (AvgIpc) is 2.21. The van der Waals surface area contributed by atoms with E-state index in [0.29, 0.717) is 16.5 Å². The molecule has 1 aromatic rings. The van der Waals surface area contributed by atoms with E-state index in [0.717, 1.165) is 4.90 Å². The zero-order valence-electron chi connectivity index (χ0n) is 10.7. The zero-order valence-corrected chi connectivity index (χ0v) is 13.1. The Morgan fingerprint density at radius 1 is 1.33 bits per heavy atom. The molecule has 6 heteroatoms. The topological polar surface area (TPSA) is 60.2 Å². The molecule has 1 aromatic carbocycles. The number of nitrogens with two attached hydrogens (primary N) is 1. The van der Waals surface area contributed by atoms with Crippen LogP contribution >= 0.6 is 23.4 Å². The van der Waals surface area contributed by atoms with Gasteiger partial charge in [0, 0.05) is 10.6 Å². The molecule has 102 valence electrons. The lowest BCUT2D eigenvalue weighted by molar-refractivity contribution is 0.562. The summed E-state index contributed by atoms with van der Waals surface area (Å²) in [6.45, 7) is 5.15. The third-order valence-electron chi connectivity index (χ3n) is 2.53. The van der Waals surface area contributed by atoms with Gasteiger partial charge in [-0.05, 0) is 39.0 Å². The zero-order chi connectivity index (χ0) is 14.0. The van der Waals surface area contributed by atoms with Gasteiger partial charge in [-0.2, -0.15) is 0 Å². The fourth-order valence-corrected chi connectivity index (χ4v) is 3.84. The number of rotatable bonds is 4. The van der Waals surface area contributed by atoms with Crippen LogP contribution in [0.1, 0.15) is 20.8 Å². The van der Waals surface area contributed by atoms with Crippen molar-refractivity contribution in [2.45, 2.75) is 30.4 Å². The number of thioether (sulfide) groups is 1. The Bertz CT molecular complexity index is 521. The van der Waals surface area contributed by atoms with E-state index in [4.69, 9.17) is 17.3 Å². The summed E-state index contributed by atoms with van der Waals surface area (Å²) in [4.78, 5) is 0.929. The first kappa shape index (κ1) is 15.7. The monoisotopic (exact) mass is 307 g/mol. The van der Waals surface area contributed by atoms with Gasteiger partial charge in [-0.15, -0.1) is 11.8 Å². The quantitative estimate of drug-likeness (QED) is 0.685. The van der Waals surface area contributed by atoms with E-state index in [2.05, 4.69) is 0 Å². The summed E-state index contributed by atoms with van der Waals surface area (Å²) in [5.41, 5.74) is 6.14. The summed E-state index contributed by atoms with van der Waals surface area (Å²) in [6.07, 6.45) is 0. The maximum Gasteiger partial charge on any atom is 0.156 e. The van der Waals surface area contributed by atoms with Crippen molar-refractivity contribution in [3.05, 3.63) is 23.2 Å². The number of sulfone groups is 1. The van der Waals surface area contributed by atoms with Crippen molar-refractivity contribution in [1.29, 1.82) is 0 Å². The van der Waals surface area contributed by atoms with Crippen LogP contribution < -0.4 is 5.73 Å². The van der Waals surface area contributed by atoms with Gasteiger partial charge < -0.3 is 5.73 Å². The summed E-state index contributed by atoms with van der Waals surface area (Å²) >= 11 is 7.37. The molecule has 0 radical (unpaired) electrons. The van der Waals surface area contributed by atoms with Gasteiger partial charge >= 0.3 is 0 Å². The molecule has 0 spiro atoms. The third kappa shape index (κ3) is 4.07. The van der Waals surface area contributed by atoms with Crippen LogP contribution in [0, 0.1) is 0 Å². The van der Waals surface area contributed by atoms with E-state index in [1.54, 1.807) is 32.9 Å². The molecule has 0 amide bonds. The van der Waals surface area contributed by atoms with Gasteiger partial charge in [0.05, 0.1) is 21.2 Å². The molecule has 2 N–H and O–H groups in total. The van der Waals surface area contributed by atoms with Crippen LogP contribution in [0.25, 0.3) is 0 Å². The van der Waals surface area contributed by atoms with Crippen molar-refractivity contribution in [2.24, 2.45) is 0 Å². The Labute approximate surface area is 118 Å². The van der Waals surface area contributed by atoms with Gasteiger partial charge in [0.25, 0.3) is 0 Å². The lowest BCUT2D eigenvalue weighted by atomic mass is 10.3. The van der Waals surface area contributed by atoms with Crippen molar-refractivity contribution in [1.82, 2.24) is 0 Å². The first-order valence-electron chi connectivity index (χ1n) is 5.53. The molecule has 0 unspecified atom stereocenters. The number of anilines is 1. The third-order valence-corrected chi connectivity index (χ3v) is 6.71. The molecule has 0 aromatic heterocycles. The molecule has 0 aliphatic rings. The summed E-state index contributed by atoms with van der Waals surface area (Å²) in [5, 5.41) is 0.499. The van der Waals surface area contributed by atoms with E-state index in [1.807, 2.05) is 6.07 Å². The molecule has 0 saturated carbocycles. The van der Waals surface area contributed by atoms with Gasteiger partial charge in [-0.1, -0.05) is 11.6 Å². The minimum absolute atomic E-state index is 0.156. The van der Waals surface area contributed by atoms with Crippen LogP contribution in [0.2, 0.25) is 5.02 Å². The van der Waals surface area contributed by atoms with Crippen molar-refractivity contribution in [2.75, 3.05) is 17.2 Å². The van der Waals surface area contributed by atoms with Crippen molar-refractivity contribution in [3.63, 3.8) is 0 Å². The van der Waals surface area contributed by atoms with Gasteiger partial charge in [-0.25, -0.2) is 8.42 Å². The molecule has 18 heavy (non-hydrogen) atoms. The van der Waals surface area contributed by atoms with E-state index in [-0.39, 0.29) is 5.75 Å². The lowest BCUT2D eigenvalue weighted by Gasteiger charge is -2.18. The van der Waals surface area contributed by atoms with E-state index in [9.17, 15) is 8.42 Å². The molecule has 0 aliphatic carbocycles. The smallest absolute Gasteiger partial charge is 0.156 e. The maximum absolute atomic E-state index is 11.9. The van der Waals surface area contributed by atoms with E-state index < -0.39 is 14.6 Å². The van der Waals surface area contributed by atoms with Crippen LogP contribution in [-0.2, 0) is 9.84 Å². The number of hydrogen-bond donors (Lipinski definition) is 1. The van der Waals surface area contributed by atoms with Gasteiger partial charge in [-0.3, -0.25) is 0 Å². The Morgan fingerprint density at radius 3 is 2.44 bits per heavy atom. The van der Waals surface area contributed by atoms with Crippen LogP contribution in [0.4, 0.5) is 5.69 Å². The number of nitrogen functional groups attached to an aromatic ring is 1. The first-order chi connectivity index (χ1) is 8.13. The molecule has 3 nitrogen and oxygen atoms in total. The number of halogens is 1. The Hall–Kier alpha value is -0.390. The van der Waals surface area contributed by atoms with Crippen LogP contribution in [0.15, 0.2) is 23.1 Å². The highest BCUT2D eigenvalue weighted by Gasteiger charge is 2.28. The molecule has 1 rings (SSSR count). The molecule has 0 aliphatic heterocycles. The Morgan fingerprint density at radius 2 is 1.94 bits per heavy atom. The van der Waals surface area contributed by atoms with E-state index in [1.165, 1.54) is 11.8 Å². The summed E-state index contributed by atoms with van der Waals surface area (Å²) in [6, 6.07) is 5.32. The van der Waals surface area contributed by atoms with Gasteiger partial charge in [0.2, 0.25) is 0 Å². The van der Waals surface area contributed by atoms with Gasteiger partial charge in [0.15, 0.2) is 9.84 Å². The predicted octanol–water partition coefficient (Wildman–Crippen LogP) is 3.23. The second-order valence-electron chi connectivity index (χ2n) is 4.96. The summed E-state index contributed by atoms with van der Waals surface area (Å²) in [7, 11) is -3.06. The minimum Gasteiger partial charge on any atom is -0.398 e. The highest BCUT2D eigenvalue weighted by atomic mass is 35.5. The second-order valence-corrected chi connectivity index (χ2v) is 9.40. The van der Waals surface area contributed by atoms with Crippen LogP contribution in [0.5, 0.6) is 0 Å². The lowest BCUT2D eigenvalue weighted by Crippen LogP contribution is -2.31. The normalized spacial score (nSPS) is 12.7.